The van der Waals surface area contributed by atoms with Crippen LogP contribution in [0.3, 0.4) is 0 Å². The van der Waals surface area contributed by atoms with Gasteiger partial charge >= 0.3 is 0 Å². The third-order valence-electron chi connectivity index (χ3n) is 3.79. The van der Waals surface area contributed by atoms with Gasteiger partial charge in [-0.3, -0.25) is 9.59 Å². The Balaban J connectivity index is 2.87. The number of rotatable bonds is 0. The summed E-state index contributed by atoms with van der Waals surface area (Å²) in [6.07, 6.45) is 0. The lowest BCUT2D eigenvalue weighted by molar-refractivity contribution is -0.154. The van der Waals surface area contributed by atoms with Crippen LogP contribution in [0.2, 0.25) is 0 Å². The van der Waals surface area contributed by atoms with Crippen molar-refractivity contribution in [3.63, 3.8) is 0 Å². The summed E-state index contributed by atoms with van der Waals surface area (Å²) < 4.78 is 0. The minimum absolute atomic E-state index is 0.0734. The van der Waals surface area contributed by atoms with Crippen LogP contribution in [-0.4, -0.2) is 46.8 Å². The molecule has 0 saturated carbocycles. The Bertz CT molecular complexity index is 352. The summed E-state index contributed by atoms with van der Waals surface area (Å²) in [4.78, 5) is 28.8. The number of amides is 2. The van der Waals surface area contributed by atoms with Gasteiger partial charge in [0.2, 0.25) is 11.8 Å². The van der Waals surface area contributed by atoms with Crippen LogP contribution >= 0.6 is 0 Å². The van der Waals surface area contributed by atoms with Crippen LogP contribution in [-0.2, 0) is 9.59 Å². The van der Waals surface area contributed by atoms with Crippen molar-refractivity contribution < 1.29 is 9.59 Å². The van der Waals surface area contributed by atoms with Crippen LogP contribution in [0.15, 0.2) is 0 Å². The van der Waals surface area contributed by atoms with Gasteiger partial charge < -0.3 is 9.80 Å². The van der Waals surface area contributed by atoms with Crippen molar-refractivity contribution in [3.05, 3.63) is 0 Å². The second kappa shape index (κ2) is 5.38. The monoisotopic (exact) mass is 282 g/mol. The summed E-state index contributed by atoms with van der Waals surface area (Å²) >= 11 is 0. The lowest BCUT2D eigenvalue weighted by Crippen LogP contribution is -2.62. The number of carbonyl (C=O) groups is 2. The SMILES string of the molecule is C[C@H]1CN(C(=O)C(C)(C)C)[C@@H](C)CN1C(=O)C(C)(C)C. The molecule has 1 aliphatic rings. The quantitative estimate of drug-likeness (QED) is 0.685. The van der Waals surface area contributed by atoms with Crippen LogP contribution in [0.4, 0.5) is 0 Å². The number of hydrogen-bond acceptors (Lipinski definition) is 2. The van der Waals surface area contributed by atoms with Crippen LogP contribution in [0.5, 0.6) is 0 Å². The molecule has 1 fully saturated rings. The van der Waals surface area contributed by atoms with Crippen molar-refractivity contribution in [1.29, 1.82) is 0 Å². The van der Waals surface area contributed by atoms with Gasteiger partial charge in [-0.25, -0.2) is 0 Å². The fourth-order valence-electron chi connectivity index (χ4n) is 2.55. The molecule has 4 nitrogen and oxygen atoms in total. The highest BCUT2D eigenvalue weighted by molar-refractivity contribution is 5.84. The molecule has 0 aromatic rings. The standard InChI is InChI=1S/C16H30N2O2/c1-11-9-18(14(20)16(6,7)8)12(2)10-17(11)13(19)15(3,4)5/h11-12H,9-10H2,1-8H3/t11-,12-/m0/s1. The molecule has 2 amide bonds. The Labute approximate surface area is 123 Å². The van der Waals surface area contributed by atoms with E-state index in [0.717, 1.165) is 0 Å². The van der Waals surface area contributed by atoms with E-state index in [1.54, 1.807) is 0 Å². The first kappa shape index (κ1) is 17.0. The van der Waals surface area contributed by atoms with E-state index in [-0.39, 0.29) is 34.7 Å². The molecule has 116 valence electrons. The molecule has 0 aromatic carbocycles. The number of piperazine rings is 1. The van der Waals surface area contributed by atoms with Gasteiger partial charge in [0.05, 0.1) is 0 Å². The average molecular weight is 282 g/mol. The van der Waals surface area contributed by atoms with E-state index < -0.39 is 0 Å². The Morgan fingerprint density at radius 1 is 0.750 bits per heavy atom. The molecular formula is C16H30N2O2. The third-order valence-corrected chi connectivity index (χ3v) is 3.79. The molecule has 1 aliphatic heterocycles. The zero-order valence-corrected chi connectivity index (χ0v) is 14.3. The van der Waals surface area contributed by atoms with E-state index in [4.69, 9.17) is 0 Å². The largest absolute Gasteiger partial charge is 0.336 e. The maximum Gasteiger partial charge on any atom is 0.228 e. The second-order valence-electron chi connectivity index (χ2n) is 8.11. The summed E-state index contributed by atoms with van der Waals surface area (Å²) in [5.41, 5.74) is -0.742. The molecule has 2 atom stereocenters. The molecule has 0 spiro atoms. The van der Waals surface area contributed by atoms with Crippen LogP contribution < -0.4 is 0 Å². The molecule has 0 N–H and O–H groups in total. The van der Waals surface area contributed by atoms with Crippen molar-refractivity contribution in [2.24, 2.45) is 10.8 Å². The number of nitrogens with zero attached hydrogens (tertiary/aromatic N) is 2. The van der Waals surface area contributed by atoms with Crippen molar-refractivity contribution in [2.75, 3.05) is 13.1 Å². The van der Waals surface area contributed by atoms with Crippen LogP contribution in [0.1, 0.15) is 55.4 Å². The molecule has 0 aromatic heterocycles. The van der Waals surface area contributed by atoms with Gasteiger partial charge in [-0.15, -0.1) is 0 Å². The molecule has 0 unspecified atom stereocenters. The van der Waals surface area contributed by atoms with Gasteiger partial charge in [0, 0.05) is 36.0 Å². The number of carbonyl (C=O) groups excluding carboxylic acids is 2. The Morgan fingerprint density at radius 2 is 1.00 bits per heavy atom. The lowest BCUT2D eigenvalue weighted by Gasteiger charge is -2.47. The summed E-state index contributed by atoms with van der Waals surface area (Å²) in [6, 6.07) is 0.147. The first-order valence-electron chi connectivity index (χ1n) is 7.48. The summed E-state index contributed by atoms with van der Waals surface area (Å²) in [7, 11) is 0. The van der Waals surface area contributed by atoms with Crippen molar-refractivity contribution in [1.82, 2.24) is 9.80 Å². The minimum Gasteiger partial charge on any atom is -0.336 e. The fraction of sp³-hybridized carbons (Fsp3) is 0.875. The molecule has 4 heteroatoms. The van der Waals surface area contributed by atoms with E-state index in [1.807, 2.05) is 65.2 Å². The van der Waals surface area contributed by atoms with Gasteiger partial charge in [-0.1, -0.05) is 41.5 Å². The normalized spacial score (nSPS) is 24.8. The van der Waals surface area contributed by atoms with E-state index >= 15 is 0 Å². The zero-order valence-electron chi connectivity index (χ0n) is 14.3. The average Bonchev–Trinajstić information content (AvgIpc) is 2.27. The van der Waals surface area contributed by atoms with Gasteiger partial charge in [0.1, 0.15) is 0 Å². The zero-order chi connectivity index (χ0) is 15.9. The van der Waals surface area contributed by atoms with E-state index in [9.17, 15) is 9.59 Å². The highest BCUT2D eigenvalue weighted by Gasteiger charge is 2.40. The molecule has 20 heavy (non-hydrogen) atoms. The maximum atomic E-state index is 12.5. The molecule has 0 aliphatic carbocycles. The molecule has 1 rings (SSSR count). The van der Waals surface area contributed by atoms with Crippen LogP contribution in [0.25, 0.3) is 0 Å². The fourth-order valence-corrected chi connectivity index (χ4v) is 2.55. The molecular weight excluding hydrogens is 252 g/mol. The molecule has 0 bridgehead atoms. The summed E-state index contributed by atoms with van der Waals surface area (Å²) in [5.74, 6) is 0.333. The van der Waals surface area contributed by atoms with Gasteiger partial charge in [-0.2, -0.15) is 0 Å². The predicted octanol–water partition coefficient (Wildman–Crippen LogP) is 2.53. The van der Waals surface area contributed by atoms with Crippen molar-refractivity contribution >= 4 is 11.8 Å². The first-order valence-corrected chi connectivity index (χ1v) is 7.48. The second-order valence-corrected chi connectivity index (χ2v) is 8.11. The van der Waals surface area contributed by atoms with Gasteiger partial charge in [0.25, 0.3) is 0 Å². The Hall–Kier alpha value is -1.06. The highest BCUT2D eigenvalue weighted by atomic mass is 16.2. The van der Waals surface area contributed by atoms with E-state index in [0.29, 0.717) is 13.1 Å². The Kier molecular flexibility index (Phi) is 4.57. The molecule has 0 radical (unpaired) electrons. The van der Waals surface area contributed by atoms with E-state index in [1.165, 1.54) is 0 Å². The van der Waals surface area contributed by atoms with Crippen molar-refractivity contribution in [3.8, 4) is 0 Å². The van der Waals surface area contributed by atoms with Gasteiger partial charge in [-0.05, 0) is 13.8 Å². The smallest absolute Gasteiger partial charge is 0.228 e. The van der Waals surface area contributed by atoms with Crippen LogP contribution in [0, 0.1) is 10.8 Å². The highest BCUT2D eigenvalue weighted by Crippen LogP contribution is 2.26. The summed E-state index contributed by atoms with van der Waals surface area (Å²) in [6.45, 7) is 17.0. The topological polar surface area (TPSA) is 40.6 Å². The number of hydrogen-bond donors (Lipinski definition) is 0. The molecule has 1 heterocycles. The molecule has 1 saturated heterocycles. The van der Waals surface area contributed by atoms with Gasteiger partial charge in [0.15, 0.2) is 0 Å². The predicted molar refractivity (Wildman–Crippen MR) is 81.3 cm³/mol. The lowest BCUT2D eigenvalue weighted by atomic mass is 9.90. The summed E-state index contributed by atoms with van der Waals surface area (Å²) in [5, 5.41) is 0. The van der Waals surface area contributed by atoms with E-state index in [2.05, 4.69) is 0 Å². The first-order chi connectivity index (χ1) is 8.85. The third kappa shape index (κ3) is 3.53. The Morgan fingerprint density at radius 3 is 1.20 bits per heavy atom. The maximum absolute atomic E-state index is 12.5. The van der Waals surface area contributed by atoms with Crippen molar-refractivity contribution in [2.45, 2.75) is 67.5 Å². The minimum atomic E-state index is -0.371.